The Balaban J connectivity index is 2.07. The highest BCUT2D eigenvalue weighted by Gasteiger charge is 2.17. The number of carbonyl (C=O) groups excluding carboxylic acids is 2. The summed E-state index contributed by atoms with van der Waals surface area (Å²) >= 11 is 0. The van der Waals surface area contributed by atoms with Crippen LogP contribution in [-0.4, -0.2) is 47.6 Å². The Labute approximate surface area is 168 Å². The summed E-state index contributed by atoms with van der Waals surface area (Å²) in [5.74, 6) is -0.136. The minimum absolute atomic E-state index is 0.0163. The van der Waals surface area contributed by atoms with E-state index in [2.05, 4.69) is 17.6 Å². The number of hydrogen-bond donors (Lipinski definition) is 4. The molecule has 6 nitrogen and oxygen atoms in total. The van der Waals surface area contributed by atoms with Gasteiger partial charge in [-0.15, -0.1) is 0 Å². The van der Waals surface area contributed by atoms with Crippen LogP contribution in [-0.2, 0) is 4.79 Å². The van der Waals surface area contributed by atoms with E-state index in [0.29, 0.717) is 24.9 Å². The lowest BCUT2D eigenvalue weighted by Gasteiger charge is -2.12. The Kier molecular flexibility index (Phi) is 12.2. The second-order valence-corrected chi connectivity index (χ2v) is 7.30. The number of hydrogen-bond acceptors (Lipinski definition) is 5. The van der Waals surface area contributed by atoms with Crippen molar-refractivity contribution in [1.29, 1.82) is 0 Å². The number of unbranched alkanes of at least 4 members (excludes halogenated alkanes) is 2. The smallest absolute Gasteiger partial charge is 0.219 e. The quantitative estimate of drug-likeness (QED) is 0.272. The average Bonchev–Trinajstić information content (AvgIpc) is 2.64. The molecule has 0 heterocycles. The van der Waals surface area contributed by atoms with E-state index >= 15 is 0 Å². The fourth-order valence-electron chi connectivity index (χ4n) is 3.09. The number of phenolic OH excluding ortho intramolecular Hbond substituents is 1. The lowest BCUT2D eigenvalue weighted by atomic mass is 9.98. The molecule has 0 radical (unpaired) electrons. The van der Waals surface area contributed by atoms with Gasteiger partial charge in [0.15, 0.2) is 5.78 Å². The summed E-state index contributed by atoms with van der Waals surface area (Å²) in [4.78, 5) is 23.8. The Bertz CT molecular complexity index is 584. The molecule has 0 unspecified atom stereocenters. The predicted octanol–water partition coefficient (Wildman–Crippen LogP) is 3.09. The molecule has 158 valence electrons. The summed E-state index contributed by atoms with van der Waals surface area (Å²) in [5, 5.41) is 26.1. The molecule has 0 spiro atoms. The number of nitrogens with one attached hydrogen (secondary N) is 2. The monoisotopic (exact) mass is 392 g/mol. The topological polar surface area (TPSA) is 98.7 Å². The number of Topliss-reactive ketones (excluding diaryl/α,β-unsaturated/α-hetero) is 1. The molecular formula is C22H36N2O4. The standard InChI is InChI=1S/C22H36N2O4/c1-3-4-5-12-21(28)24-15-8-14-23-13-7-10-18(25)16-20(27)22-17(2)9-6-11-19(22)26/h6,9,11,18,23,25-26H,3-5,7-8,10,12-16H2,1-2H3,(H,24,28)/t18-/m0/s1. The number of benzene rings is 1. The minimum Gasteiger partial charge on any atom is -0.507 e. The van der Waals surface area contributed by atoms with E-state index in [1.54, 1.807) is 19.1 Å². The number of ketones is 1. The van der Waals surface area contributed by atoms with Gasteiger partial charge < -0.3 is 20.8 Å². The fraction of sp³-hybridized carbons (Fsp3) is 0.636. The molecule has 0 aliphatic carbocycles. The molecule has 28 heavy (non-hydrogen) atoms. The van der Waals surface area contributed by atoms with Crippen molar-refractivity contribution in [2.24, 2.45) is 0 Å². The van der Waals surface area contributed by atoms with Crippen LogP contribution in [0.3, 0.4) is 0 Å². The molecule has 6 heteroatoms. The Morgan fingerprint density at radius 1 is 1.07 bits per heavy atom. The zero-order valence-electron chi connectivity index (χ0n) is 17.3. The summed E-state index contributed by atoms with van der Waals surface area (Å²) in [6.07, 6.45) is 5.24. The molecule has 0 fully saturated rings. The SMILES string of the molecule is CCCCCC(=O)NCCCNCCC[C@H](O)CC(=O)c1c(C)cccc1O. The van der Waals surface area contributed by atoms with Crippen LogP contribution in [0.1, 0.15) is 74.2 Å². The fourth-order valence-corrected chi connectivity index (χ4v) is 3.09. The van der Waals surface area contributed by atoms with Gasteiger partial charge in [0, 0.05) is 19.4 Å². The molecule has 0 saturated carbocycles. The molecule has 1 atom stereocenters. The highest BCUT2D eigenvalue weighted by atomic mass is 16.3. The molecule has 1 rings (SSSR count). The van der Waals surface area contributed by atoms with E-state index in [0.717, 1.165) is 50.8 Å². The van der Waals surface area contributed by atoms with Gasteiger partial charge in [-0.25, -0.2) is 0 Å². The van der Waals surface area contributed by atoms with E-state index in [-0.39, 0.29) is 23.9 Å². The lowest BCUT2D eigenvalue weighted by Crippen LogP contribution is -2.27. The third-order valence-corrected chi connectivity index (χ3v) is 4.70. The number of carbonyl (C=O) groups is 2. The van der Waals surface area contributed by atoms with Crippen LogP contribution in [0.5, 0.6) is 5.75 Å². The zero-order chi connectivity index (χ0) is 20.8. The van der Waals surface area contributed by atoms with Gasteiger partial charge >= 0.3 is 0 Å². The number of rotatable bonds is 15. The second kappa shape index (κ2) is 14.1. The molecule has 1 aromatic rings. The van der Waals surface area contributed by atoms with Crippen LogP contribution in [0.2, 0.25) is 0 Å². The molecule has 1 amide bonds. The van der Waals surface area contributed by atoms with E-state index in [9.17, 15) is 19.8 Å². The van der Waals surface area contributed by atoms with Crippen molar-refractivity contribution in [2.45, 2.75) is 71.3 Å². The number of aromatic hydroxyl groups is 1. The van der Waals surface area contributed by atoms with Crippen molar-refractivity contribution in [3.8, 4) is 5.75 Å². The van der Waals surface area contributed by atoms with E-state index < -0.39 is 6.10 Å². The summed E-state index contributed by atoms with van der Waals surface area (Å²) < 4.78 is 0. The summed E-state index contributed by atoms with van der Waals surface area (Å²) in [5.41, 5.74) is 1.02. The molecule has 0 aromatic heterocycles. The van der Waals surface area contributed by atoms with Crippen molar-refractivity contribution in [3.05, 3.63) is 29.3 Å². The summed E-state index contributed by atoms with van der Waals surface area (Å²) in [7, 11) is 0. The highest BCUT2D eigenvalue weighted by molar-refractivity contribution is 6.00. The van der Waals surface area contributed by atoms with Crippen LogP contribution in [0, 0.1) is 6.92 Å². The molecule has 0 saturated heterocycles. The first-order chi connectivity index (χ1) is 13.5. The van der Waals surface area contributed by atoms with Gasteiger partial charge in [0.1, 0.15) is 5.75 Å². The number of aliphatic hydroxyl groups is 1. The number of aryl methyl sites for hydroxylation is 1. The van der Waals surface area contributed by atoms with Crippen LogP contribution < -0.4 is 10.6 Å². The van der Waals surface area contributed by atoms with Crippen molar-refractivity contribution in [3.63, 3.8) is 0 Å². The predicted molar refractivity (Wildman–Crippen MR) is 112 cm³/mol. The maximum Gasteiger partial charge on any atom is 0.219 e. The van der Waals surface area contributed by atoms with Crippen LogP contribution in [0.15, 0.2) is 18.2 Å². The van der Waals surface area contributed by atoms with Crippen molar-refractivity contribution >= 4 is 11.7 Å². The van der Waals surface area contributed by atoms with Crippen LogP contribution >= 0.6 is 0 Å². The zero-order valence-corrected chi connectivity index (χ0v) is 17.3. The number of aliphatic hydroxyl groups excluding tert-OH is 1. The Morgan fingerprint density at radius 3 is 2.54 bits per heavy atom. The number of amides is 1. The molecule has 4 N–H and O–H groups in total. The van der Waals surface area contributed by atoms with Gasteiger partial charge in [0.25, 0.3) is 0 Å². The van der Waals surface area contributed by atoms with Crippen molar-refractivity contribution in [1.82, 2.24) is 10.6 Å². The van der Waals surface area contributed by atoms with Gasteiger partial charge in [-0.2, -0.15) is 0 Å². The van der Waals surface area contributed by atoms with Gasteiger partial charge in [-0.1, -0.05) is 31.9 Å². The first-order valence-electron chi connectivity index (χ1n) is 10.4. The largest absolute Gasteiger partial charge is 0.507 e. The van der Waals surface area contributed by atoms with Crippen LogP contribution in [0.25, 0.3) is 0 Å². The first kappa shape index (κ1) is 24.1. The Hall–Kier alpha value is -1.92. The Morgan fingerprint density at radius 2 is 1.82 bits per heavy atom. The number of phenols is 1. The van der Waals surface area contributed by atoms with E-state index in [4.69, 9.17) is 0 Å². The van der Waals surface area contributed by atoms with Gasteiger partial charge in [0.2, 0.25) is 5.91 Å². The molecule has 0 aliphatic heterocycles. The van der Waals surface area contributed by atoms with E-state index in [1.165, 1.54) is 6.07 Å². The van der Waals surface area contributed by atoms with Crippen molar-refractivity contribution in [2.75, 3.05) is 19.6 Å². The third-order valence-electron chi connectivity index (χ3n) is 4.70. The minimum atomic E-state index is -0.712. The maximum atomic E-state index is 12.3. The van der Waals surface area contributed by atoms with Gasteiger partial charge in [0.05, 0.1) is 11.7 Å². The van der Waals surface area contributed by atoms with Crippen LogP contribution in [0.4, 0.5) is 0 Å². The maximum absolute atomic E-state index is 12.3. The molecule has 0 bridgehead atoms. The molecule has 0 aliphatic rings. The third kappa shape index (κ3) is 9.85. The van der Waals surface area contributed by atoms with E-state index in [1.807, 2.05) is 0 Å². The average molecular weight is 393 g/mol. The highest BCUT2D eigenvalue weighted by Crippen LogP contribution is 2.23. The first-order valence-corrected chi connectivity index (χ1v) is 10.4. The lowest BCUT2D eigenvalue weighted by molar-refractivity contribution is -0.121. The van der Waals surface area contributed by atoms with Gasteiger partial charge in [-0.3, -0.25) is 9.59 Å². The summed E-state index contributed by atoms with van der Waals surface area (Å²) in [6.45, 7) is 6.13. The van der Waals surface area contributed by atoms with Crippen molar-refractivity contribution < 1.29 is 19.8 Å². The normalized spacial score (nSPS) is 12.0. The molecule has 1 aromatic carbocycles. The molecular weight excluding hydrogens is 356 g/mol. The van der Waals surface area contributed by atoms with Gasteiger partial charge in [-0.05, 0) is 57.3 Å². The summed E-state index contributed by atoms with van der Waals surface area (Å²) in [6, 6.07) is 4.96. The second-order valence-electron chi connectivity index (χ2n) is 7.30.